The van der Waals surface area contributed by atoms with E-state index in [0.29, 0.717) is 26.2 Å². The maximum atomic E-state index is 11.6. The fourth-order valence-corrected chi connectivity index (χ4v) is 2.48. The van der Waals surface area contributed by atoms with Gasteiger partial charge in [0.1, 0.15) is 13.2 Å². The number of carbonyl (C=O) groups excluding carboxylic acids is 2. The maximum absolute atomic E-state index is 11.6. The van der Waals surface area contributed by atoms with Crippen molar-refractivity contribution in [2.24, 2.45) is 0 Å². The van der Waals surface area contributed by atoms with Gasteiger partial charge in [0.25, 0.3) is 0 Å². The van der Waals surface area contributed by atoms with Crippen molar-refractivity contribution in [2.45, 2.75) is 13.2 Å². The Morgan fingerprint density at radius 2 is 0.933 bits per heavy atom. The molecule has 2 amide bonds. The van der Waals surface area contributed by atoms with Gasteiger partial charge in [0.05, 0.1) is 0 Å². The summed E-state index contributed by atoms with van der Waals surface area (Å²) in [5, 5.41) is 11.8. The van der Waals surface area contributed by atoms with E-state index in [4.69, 9.17) is 9.47 Å². The van der Waals surface area contributed by atoms with Gasteiger partial charge in [-0.3, -0.25) is 0 Å². The average Bonchev–Trinajstić information content (AvgIpc) is 2.79. The minimum absolute atomic E-state index is 0.262. The normalized spacial score (nSPS) is 10.3. The zero-order chi connectivity index (χ0) is 21.3. The van der Waals surface area contributed by atoms with Crippen LogP contribution < -0.4 is 21.3 Å². The molecule has 2 aromatic rings. The smallest absolute Gasteiger partial charge is 0.407 e. The van der Waals surface area contributed by atoms with Crippen LogP contribution in [-0.4, -0.2) is 51.5 Å². The molecule has 0 aliphatic rings. The van der Waals surface area contributed by atoms with Crippen LogP contribution in [0.2, 0.25) is 0 Å². The number of amides is 2. The number of carbonyl (C=O) groups is 2. The van der Waals surface area contributed by atoms with Crippen LogP contribution in [-0.2, 0) is 22.7 Å². The minimum Gasteiger partial charge on any atom is -0.445 e. The lowest BCUT2D eigenvalue weighted by Crippen LogP contribution is -2.37. The van der Waals surface area contributed by atoms with Crippen LogP contribution in [0, 0.1) is 0 Å². The topological polar surface area (TPSA) is 101 Å². The highest BCUT2D eigenvalue weighted by Crippen LogP contribution is 2.01. The second kappa shape index (κ2) is 14.8. The molecule has 0 radical (unpaired) electrons. The lowest BCUT2D eigenvalue weighted by atomic mass is 10.2. The first kappa shape index (κ1) is 23.2. The molecule has 0 unspecified atom stereocenters. The summed E-state index contributed by atoms with van der Waals surface area (Å²) in [5.41, 5.74) is 1.91. The number of hydrogen-bond donors (Lipinski definition) is 4. The van der Waals surface area contributed by atoms with Crippen LogP contribution in [0.15, 0.2) is 60.7 Å². The second-order valence-electron chi connectivity index (χ2n) is 6.48. The van der Waals surface area contributed by atoms with Gasteiger partial charge >= 0.3 is 12.2 Å². The van der Waals surface area contributed by atoms with Gasteiger partial charge in [0.2, 0.25) is 0 Å². The Morgan fingerprint density at radius 1 is 0.567 bits per heavy atom. The van der Waals surface area contributed by atoms with Crippen LogP contribution in [0.3, 0.4) is 0 Å². The van der Waals surface area contributed by atoms with Crippen molar-refractivity contribution < 1.29 is 19.1 Å². The van der Waals surface area contributed by atoms with Crippen LogP contribution in [0.4, 0.5) is 9.59 Å². The lowest BCUT2D eigenvalue weighted by Gasteiger charge is -2.09. The molecule has 0 aliphatic heterocycles. The SMILES string of the molecule is O=C(NCCNCCNCCNC(=O)OCc1ccccc1)OCc1ccccc1. The molecule has 0 bridgehead atoms. The van der Waals surface area contributed by atoms with E-state index in [1.807, 2.05) is 60.7 Å². The number of nitrogens with one attached hydrogen (secondary N) is 4. The van der Waals surface area contributed by atoms with Gasteiger partial charge in [-0.2, -0.15) is 0 Å². The number of benzene rings is 2. The third kappa shape index (κ3) is 11.0. The molecule has 2 rings (SSSR count). The monoisotopic (exact) mass is 414 g/mol. The fourth-order valence-electron chi connectivity index (χ4n) is 2.48. The lowest BCUT2D eigenvalue weighted by molar-refractivity contribution is 0.139. The Kier molecular flexibility index (Phi) is 11.5. The first-order valence-electron chi connectivity index (χ1n) is 10.0. The molecule has 4 N–H and O–H groups in total. The molecule has 30 heavy (non-hydrogen) atoms. The van der Waals surface area contributed by atoms with Gasteiger partial charge < -0.3 is 30.7 Å². The van der Waals surface area contributed by atoms with E-state index in [0.717, 1.165) is 24.2 Å². The standard InChI is InChI=1S/C22H30N4O4/c27-21(29-17-19-7-3-1-4-8-19)25-15-13-23-11-12-24-14-16-26-22(28)30-18-20-9-5-2-6-10-20/h1-10,23-24H,11-18H2,(H,25,27)(H,26,28). The van der Waals surface area contributed by atoms with Crippen LogP contribution >= 0.6 is 0 Å². The fraction of sp³-hybridized carbons (Fsp3) is 0.364. The quantitative estimate of drug-likeness (QED) is 0.374. The summed E-state index contributed by atoms with van der Waals surface area (Å²) in [6.07, 6.45) is -0.854. The number of rotatable bonds is 13. The molecule has 0 saturated carbocycles. The maximum Gasteiger partial charge on any atom is 0.407 e. The Bertz CT molecular complexity index is 665. The summed E-state index contributed by atoms with van der Waals surface area (Å²) in [6, 6.07) is 19.1. The van der Waals surface area contributed by atoms with Gasteiger partial charge in [-0.1, -0.05) is 60.7 Å². The van der Waals surface area contributed by atoms with Crippen molar-refractivity contribution in [1.82, 2.24) is 21.3 Å². The second-order valence-corrected chi connectivity index (χ2v) is 6.48. The van der Waals surface area contributed by atoms with E-state index >= 15 is 0 Å². The number of hydrogen-bond acceptors (Lipinski definition) is 6. The molecule has 0 heterocycles. The third-order valence-electron chi connectivity index (χ3n) is 4.05. The molecular weight excluding hydrogens is 384 g/mol. The summed E-state index contributed by atoms with van der Waals surface area (Å²) in [6.45, 7) is 4.29. The average molecular weight is 415 g/mol. The Labute approximate surface area is 177 Å². The van der Waals surface area contributed by atoms with Gasteiger partial charge in [-0.05, 0) is 11.1 Å². The van der Waals surface area contributed by atoms with Crippen LogP contribution in [0.1, 0.15) is 11.1 Å². The zero-order valence-electron chi connectivity index (χ0n) is 17.1. The van der Waals surface area contributed by atoms with Crippen LogP contribution in [0.5, 0.6) is 0 Å². The van der Waals surface area contributed by atoms with E-state index in [-0.39, 0.29) is 13.2 Å². The largest absolute Gasteiger partial charge is 0.445 e. The first-order valence-corrected chi connectivity index (χ1v) is 10.0. The number of ether oxygens (including phenoxy) is 2. The summed E-state index contributed by atoms with van der Waals surface area (Å²) >= 11 is 0. The van der Waals surface area contributed by atoms with Gasteiger partial charge in [0.15, 0.2) is 0 Å². The Hall–Kier alpha value is -3.10. The molecule has 0 spiro atoms. The van der Waals surface area contributed by atoms with Gasteiger partial charge in [-0.25, -0.2) is 9.59 Å². The molecule has 0 aliphatic carbocycles. The molecule has 0 aromatic heterocycles. The Balaban J connectivity index is 1.34. The van der Waals surface area contributed by atoms with Crippen molar-refractivity contribution in [3.63, 3.8) is 0 Å². The van der Waals surface area contributed by atoms with Crippen molar-refractivity contribution in [1.29, 1.82) is 0 Å². The molecule has 8 heteroatoms. The predicted octanol–water partition coefficient (Wildman–Crippen LogP) is 2.02. The summed E-state index contributed by atoms with van der Waals surface area (Å²) in [4.78, 5) is 23.2. The summed E-state index contributed by atoms with van der Waals surface area (Å²) in [5.74, 6) is 0. The zero-order valence-corrected chi connectivity index (χ0v) is 17.1. The highest BCUT2D eigenvalue weighted by atomic mass is 16.6. The molecule has 0 fully saturated rings. The van der Waals surface area contributed by atoms with Crippen molar-refractivity contribution in [2.75, 3.05) is 39.3 Å². The van der Waals surface area contributed by atoms with E-state index in [1.54, 1.807) is 0 Å². The minimum atomic E-state index is -0.427. The van der Waals surface area contributed by atoms with Gasteiger partial charge in [-0.15, -0.1) is 0 Å². The van der Waals surface area contributed by atoms with Crippen molar-refractivity contribution in [3.8, 4) is 0 Å². The van der Waals surface area contributed by atoms with E-state index in [2.05, 4.69) is 21.3 Å². The van der Waals surface area contributed by atoms with E-state index in [9.17, 15) is 9.59 Å². The highest BCUT2D eigenvalue weighted by Gasteiger charge is 2.02. The molecule has 2 aromatic carbocycles. The predicted molar refractivity (Wildman–Crippen MR) is 115 cm³/mol. The molecule has 0 atom stereocenters. The van der Waals surface area contributed by atoms with Crippen molar-refractivity contribution in [3.05, 3.63) is 71.8 Å². The van der Waals surface area contributed by atoms with E-state index < -0.39 is 12.2 Å². The molecule has 162 valence electrons. The molecular formula is C22H30N4O4. The number of alkyl carbamates (subject to hydrolysis) is 2. The van der Waals surface area contributed by atoms with Crippen molar-refractivity contribution >= 4 is 12.2 Å². The van der Waals surface area contributed by atoms with Crippen LogP contribution in [0.25, 0.3) is 0 Å². The first-order chi connectivity index (χ1) is 14.7. The third-order valence-corrected chi connectivity index (χ3v) is 4.05. The molecule has 8 nitrogen and oxygen atoms in total. The Morgan fingerprint density at radius 3 is 1.33 bits per heavy atom. The summed E-state index contributed by atoms with van der Waals surface area (Å²) < 4.78 is 10.3. The van der Waals surface area contributed by atoms with E-state index in [1.165, 1.54) is 0 Å². The summed E-state index contributed by atoms with van der Waals surface area (Å²) in [7, 11) is 0. The van der Waals surface area contributed by atoms with Gasteiger partial charge in [0, 0.05) is 39.3 Å². The highest BCUT2D eigenvalue weighted by molar-refractivity contribution is 5.67. The molecule has 0 saturated heterocycles.